The number of rotatable bonds is 10. The Morgan fingerprint density at radius 3 is 1.70 bits per heavy atom. The monoisotopic (exact) mass is 977 g/mol. The average molecular weight is 977 g/mol. The maximum atomic E-state index is 7.14. The van der Waals surface area contributed by atoms with Gasteiger partial charge in [0, 0.05) is 40.5 Å². The Hall–Kier alpha value is -7.11. The molecule has 5 heteroatoms. The highest BCUT2D eigenvalue weighted by Crippen LogP contribution is 2.50. The summed E-state index contributed by atoms with van der Waals surface area (Å²) in [6, 6.07) is 56.6. The van der Waals surface area contributed by atoms with E-state index in [-0.39, 0.29) is 16.2 Å². The van der Waals surface area contributed by atoms with Crippen molar-refractivity contribution in [3.63, 3.8) is 0 Å². The van der Waals surface area contributed by atoms with Crippen molar-refractivity contribution in [2.45, 2.75) is 138 Å². The summed E-state index contributed by atoms with van der Waals surface area (Å²) < 4.78 is 9.43. The number of nitrogens with zero attached hydrogens (tertiary/aromatic N) is 4. The second kappa shape index (κ2) is 19.0. The van der Waals surface area contributed by atoms with Crippen LogP contribution in [0.5, 0.6) is 11.5 Å². The quantitative estimate of drug-likeness (QED) is 0.137. The van der Waals surface area contributed by atoms with Crippen molar-refractivity contribution in [2.24, 2.45) is 0 Å². The molecule has 0 saturated carbocycles. The highest BCUT2D eigenvalue weighted by molar-refractivity contribution is 6.09. The highest BCUT2D eigenvalue weighted by atomic mass is 16.5. The van der Waals surface area contributed by atoms with Gasteiger partial charge in [-0.2, -0.15) is 0 Å². The molecule has 7 aromatic carbocycles. The van der Waals surface area contributed by atoms with E-state index in [4.69, 9.17) is 9.72 Å². The Kier molecular flexibility index (Phi) is 12.9. The van der Waals surface area contributed by atoms with Crippen LogP contribution in [0.4, 0.5) is 22.7 Å². The number of fused-ring (bicyclic) bond motifs is 4. The van der Waals surface area contributed by atoms with Crippen LogP contribution in [0.1, 0.15) is 155 Å². The summed E-state index contributed by atoms with van der Waals surface area (Å²) in [5.74, 6) is 3.62. The van der Waals surface area contributed by atoms with Gasteiger partial charge in [0.15, 0.2) is 0 Å². The molecule has 0 spiro atoms. The summed E-state index contributed by atoms with van der Waals surface area (Å²) in [4.78, 5) is 10.0. The molecule has 378 valence electrons. The zero-order chi connectivity index (χ0) is 52.6. The number of hydrogen-bond donors (Lipinski definition) is 0. The van der Waals surface area contributed by atoms with E-state index in [1.54, 1.807) is 0 Å². The fourth-order valence-corrected chi connectivity index (χ4v) is 10.8. The van der Waals surface area contributed by atoms with Gasteiger partial charge in [-0.05, 0) is 156 Å². The molecule has 0 aliphatic carbocycles. The van der Waals surface area contributed by atoms with E-state index in [1.807, 2.05) is 6.20 Å². The molecule has 2 aromatic heterocycles. The zero-order valence-corrected chi connectivity index (χ0v) is 46.6. The summed E-state index contributed by atoms with van der Waals surface area (Å²) in [6.07, 6.45) is 1.94. The first-order valence-electron chi connectivity index (χ1n) is 27.0. The molecule has 1 aliphatic heterocycles. The lowest BCUT2D eigenvalue weighted by Crippen LogP contribution is -2.25. The molecule has 0 radical (unpaired) electrons. The molecule has 0 fully saturated rings. The Morgan fingerprint density at radius 1 is 0.446 bits per heavy atom. The van der Waals surface area contributed by atoms with Crippen LogP contribution < -0.4 is 14.5 Å². The number of anilines is 4. The van der Waals surface area contributed by atoms with Crippen molar-refractivity contribution in [1.82, 2.24) is 9.55 Å². The van der Waals surface area contributed by atoms with Crippen LogP contribution in [0.3, 0.4) is 0 Å². The number of pyridine rings is 1. The van der Waals surface area contributed by atoms with Crippen molar-refractivity contribution in [2.75, 3.05) is 16.5 Å². The molecule has 1 aliphatic rings. The van der Waals surface area contributed by atoms with Crippen molar-refractivity contribution in [1.29, 1.82) is 0 Å². The Morgan fingerprint density at radius 2 is 1.05 bits per heavy atom. The van der Waals surface area contributed by atoms with Gasteiger partial charge in [0.1, 0.15) is 24.0 Å². The second-order valence-corrected chi connectivity index (χ2v) is 24.9. The summed E-state index contributed by atoms with van der Waals surface area (Å²) >= 11 is 0. The molecule has 5 nitrogen and oxygen atoms in total. The molecule has 10 rings (SSSR count). The maximum absolute atomic E-state index is 7.14. The van der Waals surface area contributed by atoms with Gasteiger partial charge in [0.2, 0.25) is 0 Å². The van der Waals surface area contributed by atoms with Crippen molar-refractivity contribution in [3.05, 3.63) is 191 Å². The van der Waals surface area contributed by atoms with E-state index in [9.17, 15) is 0 Å². The Bertz CT molecular complexity index is 3530. The van der Waals surface area contributed by atoms with E-state index in [1.165, 1.54) is 78.1 Å². The summed E-state index contributed by atoms with van der Waals surface area (Å²) in [7, 11) is 0. The molecule has 0 N–H and O–H groups in total. The third kappa shape index (κ3) is 9.63. The summed E-state index contributed by atoms with van der Waals surface area (Å²) in [5.41, 5.74) is 19.6. The largest absolute Gasteiger partial charge is 0.457 e. The van der Waals surface area contributed by atoms with Crippen LogP contribution in [0, 0.1) is 0 Å². The first kappa shape index (κ1) is 50.4. The molecule has 9 aromatic rings. The van der Waals surface area contributed by atoms with Gasteiger partial charge >= 0.3 is 0 Å². The molecule has 0 atom stereocenters. The number of aromatic nitrogens is 2. The molecule has 0 unspecified atom stereocenters. The van der Waals surface area contributed by atoms with Crippen LogP contribution in [-0.2, 0) is 16.2 Å². The molecule has 0 saturated heterocycles. The first-order valence-corrected chi connectivity index (χ1v) is 27.0. The van der Waals surface area contributed by atoms with E-state index in [2.05, 4.69) is 270 Å². The first-order chi connectivity index (χ1) is 35.0. The lowest BCUT2D eigenvalue weighted by Gasteiger charge is -2.27. The van der Waals surface area contributed by atoms with Crippen LogP contribution in [-0.4, -0.2) is 16.2 Å². The minimum atomic E-state index is -0.166. The van der Waals surface area contributed by atoms with Gasteiger partial charge in [-0.25, -0.2) is 4.98 Å². The third-order valence-corrected chi connectivity index (χ3v) is 15.3. The minimum Gasteiger partial charge on any atom is -0.457 e. The summed E-state index contributed by atoms with van der Waals surface area (Å²) in [6.45, 7) is 35.3. The van der Waals surface area contributed by atoms with Crippen molar-refractivity contribution < 1.29 is 4.74 Å². The van der Waals surface area contributed by atoms with Gasteiger partial charge in [0.25, 0.3) is 0 Å². The van der Waals surface area contributed by atoms with Crippen molar-refractivity contribution >= 4 is 44.6 Å². The topological polar surface area (TPSA) is 33.5 Å². The number of para-hydroxylation sites is 1. The Labute approximate surface area is 441 Å². The van der Waals surface area contributed by atoms with Gasteiger partial charge in [-0.1, -0.05) is 177 Å². The lowest BCUT2D eigenvalue weighted by atomic mass is 9.81. The van der Waals surface area contributed by atoms with Crippen LogP contribution in [0.2, 0.25) is 0 Å². The van der Waals surface area contributed by atoms with E-state index in [0.29, 0.717) is 24.4 Å². The van der Waals surface area contributed by atoms with Crippen LogP contribution in [0.25, 0.3) is 49.9 Å². The fourth-order valence-electron chi connectivity index (χ4n) is 10.8. The smallest absolute Gasteiger partial charge is 0.137 e. The summed E-state index contributed by atoms with van der Waals surface area (Å²) in [5, 5.41) is 2.35. The second-order valence-electron chi connectivity index (χ2n) is 24.9. The van der Waals surface area contributed by atoms with E-state index < -0.39 is 0 Å². The molecular weight excluding hydrogens is 901 g/mol. The van der Waals surface area contributed by atoms with E-state index >= 15 is 0 Å². The third-order valence-electron chi connectivity index (χ3n) is 15.3. The molecule has 0 bridgehead atoms. The zero-order valence-electron chi connectivity index (χ0n) is 46.6. The Balaban J connectivity index is 1.15. The minimum absolute atomic E-state index is 0.0242. The molecule has 3 heterocycles. The lowest BCUT2D eigenvalue weighted by molar-refractivity contribution is 0.479. The number of ether oxygens (including phenoxy) is 1. The van der Waals surface area contributed by atoms with Gasteiger partial charge in [-0.15, -0.1) is 0 Å². The fraction of sp³-hybridized carbons (Fsp3) is 0.319. The molecule has 0 amide bonds. The predicted octanol–water partition coefficient (Wildman–Crippen LogP) is 19.8. The van der Waals surface area contributed by atoms with E-state index in [0.717, 1.165) is 39.4 Å². The number of benzene rings is 7. The standard InChI is InChI=1S/C69H76N4O/c1-43(2)48-33-59(44(3)4)66(60(34-48)45(5)6)47-25-28-62-64(35-47)72(42-71(62)53-32-49(46-21-17-16-18-22-46)31-51(36-53)68(10,11)12)54-37-52(69(13,14)15)38-56(40-54)74-55-26-27-58-57-23-19-20-24-61(57)73(63(58)41-55)65-39-50(29-30-70-65)67(7,8)9/h16-41,43-45H,42H2,1-15H3. The van der Waals surface area contributed by atoms with Gasteiger partial charge in [-0.3, -0.25) is 4.57 Å². The van der Waals surface area contributed by atoms with Crippen molar-refractivity contribution in [3.8, 4) is 39.6 Å². The number of hydrogen-bond acceptors (Lipinski definition) is 4. The SMILES string of the molecule is CC(C)c1cc(C(C)C)c(-c2ccc3c(c2)N(c2cc(Oc4ccc5c6ccccc6n(-c6cc(C(C)(C)C)ccn6)c5c4)cc(C(C)(C)C)c2)CN3c2cc(-c3ccccc3)cc(C(C)(C)C)c2)c(C(C)C)c1. The van der Waals surface area contributed by atoms with Gasteiger partial charge < -0.3 is 14.5 Å². The van der Waals surface area contributed by atoms with Crippen LogP contribution >= 0.6 is 0 Å². The van der Waals surface area contributed by atoms with Crippen LogP contribution in [0.15, 0.2) is 158 Å². The maximum Gasteiger partial charge on any atom is 0.137 e. The molecule has 74 heavy (non-hydrogen) atoms. The highest BCUT2D eigenvalue weighted by Gasteiger charge is 2.32. The van der Waals surface area contributed by atoms with Gasteiger partial charge in [0.05, 0.1) is 22.4 Å². The normalized spacial score (nSPS) is 13.3. The predicted molar refractivity (Wildman–Crippen MR) is 316 cm³/mol. The molecular formula is C69H76N4O. The average Bonchev–Trinajstić information content (AvgIpc) is 3.91.